The minimum absolute atomic E-state index is 0.0945. The van der Waals surface area contributed by atoms with Crippen molar-refractivity contribution in [3.05, 3.63) is 38.9 Å². The lowest BCUT2D eigenvalue weighted by molar-refractivity contribution is -0.384. The van der Waals surface area contributed by atoms with E-state index >= 15 is 0 Å². The summed E-state index contributed by atoms with van der Waals surface area (Å²) in [5.74, 6) is -0.264. The number of benzene rings is 1. The lowest BCUT2D eigenvalue weighted by atomic mass is 10.0. The van der Waals surface area contributed by atoms with E-state index in [0.717, 1.165) is 25.7 Å². The Labute approximate surface area is 139 Å². The van der Waals surface area contributed by atoms with Gasteiger partial charge in [0.2, 0.25) is 6.29 Å². The maximum atomic E-state index is 11.7. The minimum Gasteiger partial charge on any atom is -0.436 e. The predicted molar refractivity (Wildman–Crippen MR) is 85.2 cm³/mol. The summed E-state index contributed by atoms with van der Waals surface area (Å²) < 4.78 is 11.1. The molecule has 2 rings (SSSR count). The molecule has 2 unspecified atom stereocenters. The van der Waals surface area contributed by atoms with Crippen LogP contribution in [-0.2, 0) is 14.3 Å². The van der Waals surface area contributed by atoms with Crippen LogP contribution in [0.15, 0.2) is 18.2 Å². The first kappa shape index (κ1) is 17.7. The van der Waals surface area contributed by atoms with Crippen LogP contribution in [0.5, 0.6) is 0 Å². The smallest absolute Gasteiger partial charge is 0.308 e. The van der Waals surface area contributed by atoms with E-state index in [4.69, 9.17) is 21.1 Å². The van der Waals surface area contributed by atoms with Gasteiger partial charge in [-0.2, -0.15) is 0 Å². The molecule has 23 heavy (non-hydrogen) atoms. The molecule has 1 aliphatic rings. The van der Waals surface area contributed by atoms with Gasteiger partial charge in [-0.15, -0.1) is 0 Å². The summed E-state index contributed by atoms with van der Waals surface area (Å²) in [5, 5.41) is 11.1. The van der Waals surface area contributed by atoms with Gasteiger partial charge in [-0.3, -0.25) is 14.9 Å². The van der Waals surface area contributed by atoms with Gasteiger partial charge in [-0.25, -0.2) is 0 Å². The van der Waals surface area contributed by atoms with E-state index in [2.05, 4.69) is 0 Å². The molecular formula is C16H20ClNO5. The van der Waals surface area contributed by atoms with E-state index in [-0.39, 0.29) is 22.8 Å². The van der Waals surface area contributed by atoms with Crippen molar-refractivity contribution in [1.82, 2.24) is 0 Å². The zero-order chi connectivity index (χ0) is 16.8. The molecular weight excluding hydrogens is 322 g/mol. The van der Waals surface area contributed by atoms with Crippen LogP contribution in [0.4, 0.5) is 5.69 Å². The second-order valence-electron chi connectivity index (χ2n) is 5.55. The third-order valence-corrected chi connectivity index (χ3v) is 4.08. The molecule has 0 aromatic heterocycles. The largest absolute Gasteiger partial charge is 0.436 e. The van der Waals surface area contributed by atoms with E-state index in [0.29, 0.717) is 18.4 Å². The Morgan fingerprint density at radius 1 is 1.48 bits per heavy atom. The highest BCUT2D eigenvalue weighted by Gasteiger charge is 2.27. The average Bonchev–Trinajstić information content (AvgIpc) is 2.53. The fourth-order valence-electron chi connectivity index (χ4n) is 2.52. The van der Waals surface area contributed by atoms with Crippen LogP contribution in [0.25, 0.3) is 0 Å². The first-order valence-corrected chi connectivity index (χ1v) is 8.17. The molecule has 0 spiro atoms. The zero-order valence-corrected chi connectivity index (χ0v) is 13.8. The molecule has 1 aromatic carbocycles. The van der Waals surface area contributed by atoms with Gasteiger partial charge in [0.25, 0.3) is 5.69 Å². The van der Waals surface area contributed by atoms with E-state index in [1.54, 1.807) is 6.07 Å². The number of hydrogen-bond donors (Lipinski definition) is 0. The van der Waals surface area contributed by atoms with Gasteiger partial charge >= 0.3 is 5.97 Å². The molecule has 1 saturated heterocycles. The molecule has 1 fully saturated rings. The number of ether oxygens (including phenoxy) is 2. The monoisotopic (exact) mass is 341 g/mol. The molecule has 126 valence electrons. The molecule has 7 heteroatoms. The highest BCUT2D eigenvalue weighted by molar-refractivity contribution is 6.32. The Balaban J connectivity index is 2.02. The molecule has 2 atom stereocenters. The zero-order valence-electron chi connectivity index (χ0n) is 13.0. The van der Waals surface area contributed by atoms with Crippen molar-refractivity contribution in [2.45, 2.75) is 57.8 Å². The van der Waals surface area contributed by atoms with Crippen molar-refractivity contribution in [2.75, 3.05) is 0 Å². The highest BCUT2D eigenvalue weighted by Crippen LogP contribution is 2.35. The topological polar surface area (TPSA) is 78.7 Å². The van der Waals surface area contributed by atoms with Gasteiger partial charge in [0.05, 0.1) is 11.0 Å². The molecule has 6 nitrogen and oxygen atoms in total. The molecule has 0 bridgehead atoms. The van der Waals surface area contributed by atoms with Crippen molar-refractivity contribution in [1.29, 1.82) is 0 Å². The summed E-state index contributed by atoms with van der Waals surface area (Å²) in [4.78, 5) is 22.2. The highest BCUT2D eigenvalue weighted by atomic mass is 35.5. The Kier molecular flexibility index (Phi) is 6.36. The number of esters is 1. The lowest BCUT2D eigenvalue weighted by Crippen LogP contribution is -2.27. The van der Waals surface area contributed by atoms with Gasteiger partial charge < -0.3 is 9.47 Å². The maximum Gasteiger partial charge on any atom is 0.308 e. The van der Waals surface area contributed by atoms with Gasteiger partial charge in [0, 0.05) is 18.9 Å². The second-order valence-corrected chi connectivity index (χ2v) is 5.95. The Morgan fingerprint density at radius 3 is 2.96 bits per heavy atom. The number of nitro benzene ring substituents is 1. The predicted octanol–water partition coefficient (Wildman–Crippen LogP) is 4.55. The quantitative estimate of drug-likeness (QED) is 0.431. The Hall–Kier alpha value is -1.66. The summed E-state index contributed by atoms with van der Waals surface area (Å²) in [6.07, 6.45) is 3.37. The summed E-state index contributed by atoms with van der Waals surface area (Å²) in [5.41, 5.74) is 0.533. The van der Waals surface area contributed by atoms with Crippen LogP contribution in [0.2, 0.25) is 5.02 Å². The number of hydrogen-bond acceptors (Lipinski definition) is 5. The summed E-state index contributed by atoms with van der Waals surface area (Å²) >= 11 is 5.82. The van der Waals surface area contributed by atoms with E-state index in [1.807, 2.05) is 6.92 Å². The molecule has 0 aliphatic carbocycles. The van der Waals surface area contributed by atoms with E-state index < -0.39 is 11.2 Å². The third-order valence-electron chi connectivity index (χ3n) is 3.76. The van der Waals surface area contributed by atoms with Crippen LogP contribution < -0.4 is 0 Å². The molecule has 0 radical (unpaired) electrons. The van der Waals surface area contributed by atoms with E-state index in [1.165, 1.54) is 12.1 Å². The van der Waals surface area contributed by atoms with Gasteiger partial charge in [0.15, 0.2) is 0 Å². The van der Waals surface area contributed by atoms with Crippen molar-refractivity contribution in [3.8, 4) is 0 Å². The van der Waals surface area contributed by atoms with Crippen LogP contribution in [0, 0.1) is 10.1 Å². The van der Waals surface area contributed by atoms with Crippen LogP contribution in [0.3, 0.4) is 0 Å². The van der Waals surface area contributed by atoms with Gasteiger partial charge in [0.1, 0.15) is 5.02 Å². The average molecular weight is 342 g/mol. The Morgan fingerprint density at radius 2 is 2.26 bits per heavy atom. The van der Waals surface area contributed by atoms with Crippen molar-refractivity contribution in [2.24, 2.45) is 0 Å². The van der Waals surface area contributed by atoms with Crippen LogP contribution in [0.1, 0.15) is 57.1 Å². The summed E-state index contributed by atoms with van der Waals surface area (Å²) in [6.45, 7) is 2.01. The van der Waals surface area contributed by atoms with E-state index in [9.17, 15) is 14.9 Å². The first-order valence-electron chi connectivity index (χ1n) is 7.80. The summed E-state index contributed by atoms with van der Waals surface area (Å²) in [6, 6.07) is 4.63. The minimum atomic E-state index is -0.590. The molecule has 1 aromatic rings. The number of nitrogens with zero attached hydrogens (tertiary/aromatic N) is 1. The fraction of sp³-hybridized carbons (Fsp3) is 0.562. The fourth-order valence-corrected chi connectivity index (χ4v) is 2.70. The second kappa shape index (κ2) is 8.26. The molecule has 0 saturated carbocycles. The number of unbranched alkanes of at least 4 members (excludes halogenated alkanes) is 1. The third kappa shape index (κ3) is 4.91. The van der Waals surface area contributed by atoms with Gasteiger partial charge in [-0.05, 0) is 30.9 Å². The SMILES string of the molecule is CCCCC(=O)OC1CCCC(c2ccc(Cl)c([N+](=O)[O-])c2)O1. The number of rotatable bonds is 6. The number of carbonyl (C=O) groups is 1. The standard InChI is InChI=1S/C16H20ClNO5/c1-2-3-6-15(19)23-16-7-4-5-14(22-16)11-8-9-12(17)13(10-11)18(20)21/h8-10,14,16H,2-7H2,1H3. The van der Waals surface area contributed by atoms with Crippen LogP contribution in [-0.4, -0.2) is 17.2 Å². The number of halogens is 1. The number of carbonyl (C=O) groups excluding carboxylic acids is 1. The van der Waals surface area contributed by atoms with Crippen molar-refractivity contribution >= 4 is 23.3 Å². The molecule has 1 aliphatic heterocycles. The summed E-state index contributed by atoms with van der Waals surface area (Å²) in [7, 11) is 0. The maximum absolute atomic E-state index is 11.7. The number of nitro groups is 1. The van der Waals surface area contributed by atoms with Crippen molar-refractivity contribution in [3.63, 3.8) is 0 Å². The molecule has 0 amide bonds. The molecule has 0 N–H and O–H groups in total. The normalized spacial score (nSPS) is 21.0. The first-order chi connectivity index (χ1) is 11.0. The van der Waals surface area contributed by atoms with Crippen molar-refractivity contribution < 1.29 is 19.2 Å². The lowest BCUT2D eigenvalue weighted by Gasteiger charge is -2.29. The molecule has 1 heterocycles. The van der Waals surface area contributed by atoms with Gasteiger partial charge in [-0.1, -0.05) is 31.0 Å². The van der Waals surface area contributed by atoms with Crippen LogP contribution >= 0.6 is 11.6 Å². The Bertz CT molecular complexity index is 578.